The second-order valence-electron chi connectivity index (χ2n) is 6.46. The van der Waals surface area contributed by atoms with E-state index in [1.165, 1.54) is 17.7 Å². The van der Waals surface area contributed by atoms with Gasteiger partial charge in [0.1, 0.15) is 5.82 Å². The molecule has 2 aliphatic rings. The summed E-state index contributed by atoms with van der Waals surface area (Å²) in [5.74, 6) is 0.431. The number of hydrogen-bond acceptors (Lipinski definition) is 2. The van der Waals surface area contributed by atoms with Crippen molar-refractivity contribution in [1.82, 2.24) is 4.90 Å². The van der Waals surface area contributed by atoms with Gasteiger partial charge in [0.15, 0.2) is 0 Å². The van der Waals surface area contributed by atoms with E-state index in [1.54, 1.807) is 12.1 Å². The maximum atomic E-state index is 13.0. The lowest BCUT2D eigenvalue weighted by atomic mass is 10.1. The second kappa shape index (κ2) is 6.14. The summed E-state index contributed by atoms with van der Waals surface area (Å²) >= 11 is 5.96. The Morgan fingerprint density at radius 3 is 2.17 bits per heavy atom. The molecule has 1 aliphatic carbocycles. The van der Waals surface area contributed by atoms with Crippen LogP contribution in [0, 0.1) is 5.82 Å². The minimum absolute atomic E-state index is 0.150. The maximum Gasteiger partial charge on any atom is 0.123 e. The quantitative estimate of drug-likeness (QED) is 0.834. The summed E-state index contributed by atoms with van der Waals surface area (Å²) in [5.41, 5.74) is 2.52. The lowest BCUT2D eigenvalue weighted by Gasteiger charge is -2.36. The van der Waals surface area contributed by atoms with Gasteiger partial charge in [-0.25, -0.2) is 4.39 Å². The molecule has 2 nitrogen and oxygen atoms in total. The summed E-state index contributed by atoms with van der Waals surface area (Å²) in [6.07, 6.45) is 1.20. The lowest BCUT2D eigenvalue weighted by Crippen LogP contribution is -2.47. The van der Waals surface area contributed by atoms with Crippen LogP contribution in [0.3, 0.4) is 0 Å². The zero-order chi connectivity index (χ0) is 15.8. The molecule has 4 rings (SSSR count). The van der Waals surface area contributed by atoms with Crippen LogP contribution in [-0.2, 0) is 0 Å². The first-order valence-corrected chi connectivity index (χ1v) is 8.58. The lowest BCUT2D eigenvalue weighted by molar-refractivity contribution is 0.244. The number of hydrogen-bond donors (Lipinski definition) is 0. The molecule has 0 aromatic heterocycles. The van der Waals surface area contributed by atoms with E-state index in [0.29, 0.717) is 12.0 Å². The van der Waals surface area contributed by atoms with Gasteiger partial charge in [-0.05, 0) is 48.4 Å². The minimum Gasteiger partial charge on any atom is -0.369 e. The number of rotatable bonds is 3. The highest BCUT2D eigenvalue weighted by Gasteiger charge is 2.43. The molecular weight excluding hydrogens is 311 g/mol. The van der Waals surface area contributed by atoms with Crippen LogP contribution < -0.4 is 4.90 Å². The Kier molecular flexibility index (Phi) is 4.00. The van der Waals surface area contributed by atoms with E-state index in [4.69, 9.17) is 11.6 Å². The van der Waals surface area contributed by atoms with Gasteiger partial charge in [-0.15, -0.1) is 0 Å². The average molecular weight is 331 g/mol. The molecule has 1 aliphatic heterocycles. The highest BCUT2D eigenvalue weighted by molar-refractivity contribution is 6.30. The maximum absolute atomic E-state index is 13.0. The predicted octanol–water partition coefficient (Wildman–Crippen LogP) is 4.16. The molecule has 1 heterocycles. The number of anilines is 1. The van der Waals surface area contributed by atoms with Crippen molar-refractivity contribution < 1.29 is 4.39 Å². The summed E-state index contributed by atoms with van der Waals surface area (Å²) < 4.78 is 13.0. The molecule has 23 heavy (non-hydrogen) atoms. The van der Waals surface area contributed by atoms with Gasteiger partial charge in [0.05, 0.1) is 0 Å². The first kappa shape index (κ1) is 15.0. The Morgan fingerprint density at radius 2 is 1.52 bits per heavy atom. The summed E-state index contributed by atoms with van der Waals surface area (Å²) in [5, 5.41) is 0.785. The topological polar surface area (TPSA) is 6.48 Å². The average Bonchev–Trinajstić information content (AvgIpc) is 3.37. The van der Waals surface area contributed by atoms with Gasteiger partial charge in [0.2, 0.25) is 0 Å². The first-order chi connectivity index (χ1) is 11.2. The normalized spacial score (nSPS) is 24.7. The van der Waals surface area contributed by atoms with E-state index in [-0.39, 0.29) is 5.82 Å². The van der Waals surface area contributed by atoms with Crippen molar-refractivity contribution >= 4 is 17.3 Å². The van der Waals surface area contributed by atoms with E-state index in [1.807, 2.05) is 24.3 Å². The molecule has 1 saturated heterocycles. The predicted molar refractivity (Wildman–Crippen MR) is 92.8 cm³/mol. The van der Waals surface area contributed by atoms with E-state index >= 15 is 0 Å². The molecule has 0 unspecified atom stereocenters. The third-order valence-corrected chi connectivity index (χ3v) is 5.28. The number of nitrogens with zero attached hydrogens (tertiary/aromatic N) is 2. The van der Waals surface area contributed by atoms with E-state index in [0.717, 1.165) is 31.2 Å². The Morgan fingerprint density at radius 1 is 0.870 bits per heavy atom. The highest BCUT2D eigenvalue weighted by atomic mass is 35.5. The van der Waals surface area contributed by atoms with Crippen LogP contribution >= 0.6 is 11.6 Å². The van der Waals surface area contributed by atoms with Gasteiger partial charge in [-0.3, -0.25) is 4.90 Å². The molecule has 2 aromatic carbocycles. The fourth-order valence-corrected chi connectivity index (χ4v) is 3.74. The van der Waals surface area contributed by atoms with Crippen molar-refractivity contribution in [1.29, 1.82) is 0 Å². The zero-order valence-electron chi connectivity index (χ0n) is 13.0. The molecular formula is C19H20ClFN2. The Labute approximate surface area is 141 Å². The number of benzene rings is 2. The molecule has 0 bridgehead atoms. The summed E-state index contributed by atoms with van der Waals surface area (Å²) in [7, 11) is 0. The van der Waals surface area contributed by atoms with Gasteiger partial charge in [0, 0.05) is 48.8 Å². The summed E-state index contributed by atoms with van der Waals surface area (Å²) in [6.45, 7) is 4.28. The molecule has 2 fully saturated rings. The van der Waals surface area contributed by atoms with Crippen LogP contribution in [0.5, 0.6) is 0 Å². The molecule has 1 saturated carbocycles. The van der Waals surface area contributed by atoms with Gasteiger partial charge in [-0.1, -0.05) is 23.7 Å². The standard InChI is InChI=1S/C19H20ClFN2/c20-15-3-7-17(8-4-15)22-9-11-23(12-10-22)19-13-18(19)14-1-5-16(21)6-2-14/h1-8,18-19H,9-13H2/t18-,19+/m0/s1. The largest absolute Gasteiger partial charge is 0.369 e. The SMILES string of the molecule is Fc1ccc([C@@H]2C[C@H]2N2CCN(c3ccc(Cl)cc3)CC2)cc1. The van der Waals surface area contributed by atoms with Gasteiger partial charge in [0.25, 0.3) is 0 Å². The Hall–Kier alpha value is -1.58. The van der Waals surface area contributed by atoms with Gasteiger partial charge >= 0.3 is 0 Å². The third kappa shape index (κ3) is 3.22. The van der Waals surface area contributed by atoms with Crippen LogP contribution in [-0.4, -0.2) is 37.1 Å². The fraction of sp³-hybridized carbons (Fsp3) is 0.368. The van der Waals surface area contributed by atoms with Crippen molar-refractivity contribution in [3.05, 3.63) is 64.9 Å². The summed E-state index contributed by atoms with van der Waals surface area (Å²) in [6, 6.07) is 15.7. The van der Waals surface area contributed by atoms with Gasteiger partial charge < -0.3 is 4.90 Å². The van der Waals surface area contributed by atoms with Crippen LogP contribution in [0.15, 0.2) is 48.5 Å². The molecule has 0 radical (unpaired) electrons. The van der Waals surface area contributed by atoms with Crippen molar-refractivity contribution in [2.75, 3.05) is 31.1 Å². The molecule has 0 amide bonds. The highest BCUT2D eigenvalue weighted by Crippen LogP contribution is 2.45. The van der Waals surface area contributed by atoms with E-state index < -0.39 is 0 Å². The molecule has 120 valence electrons. The third-order valence-electron chi connectivity index (χ3n) is 5.03. The molecule has 4 heteroatoms. The van der Waals surface area contributed by atoms with Gasteiger partial charge in [-0.2, -0.15) is 0 Å². The summed E-state index contributed by atoms with van der Waals surface area (Å²) in [4.78, 5) is 5.00. The van der Waals surface area contributed by atoms with Crippen molar-refractivity contribution in [2.45, 2.75) is 18.4 Å². The van der Waals surface area contributed by atoms with Crippen LogP contribution in [0.4, 0.5) is 10.1 Å². The van der Waals surface area contributed by atoms with Crippen LogP contribution in [0.1, 0.15) is 17.9 Å². The van der Waals surface area contributed by atoms with E-state index in [2.05, 4.69) is 21.9 Å². The van der Waals surface area contributed by atoms with Crippen molar-refractivity contribution in [3.63, 3.8) is 0 Å². The second-order valence-corrected chi connectivity index (χ2v) is 6.90. The number of piperazine rings is 1. The Bertz CT molecular complexity index is 663. The molecule has 2 atom stereocenters. The van der Waals surface area contributed by atoms with Crippen LogP contribution in [0.25, 0.3) is 0 Å². The zero-order valence-corrected chi connectivity index (χ0v) is 13.7. The fourth-order valence-electron chi connectivity index (χ4n) is 3.62. The monoisotopic (exact) mass is 330 g/mol. The number of halogens is 2. The first-order valence-electron chi connectivity index (χ1n) is 8.21. The molecule has 0 spiro atoms. The minimum atomic E-state index is -0.150. The van der Waals surface area contributed by atoms with E-state index in [9.17, 15) is 4.39 Å². The van der Waals surface area contributed by atoms with Crippen LogP contribution in [0.2, 0.25) is 5.02 Å². The molecule has 2 aromatic rings. The van der Waals surface area contributed by atoms with Crippen molar-refractivity contribution in [2.24, 2.45) is 0 Å². The smallest absolute Gasteiger partial charge is 0.123 e. The Balaban J connectivity index is 1.34. The van der Waals surface area contributed by atoms with Crippen molar-refractivity contribution in [3.8, 4) is 0 Å². The molecule has 0 N–H and O–H groups in total.